The third-order valence-electron chi connectivity index (χ3n) is 5.52. The fourth-order valence-electron chi connectivity index (χ4n) is 4.45. The third kappa shape index (κ3) is 2.03. The number of amides is 2. The molecule has 6 atom stereocenters. The van der Waals surface area contributed by atoms with Gasteiger partial charge in [0, 0.05) is 15.2 Å². The van der Waals surface area contributed by atoms with Gasteiger partial charge in [-0.1, -0.05) is 31.9 Å². The predicted octanol–water partition coefficient (Wildman–Crippen LogP) is 3.17. The van der Waals surface area contributed by atoms with E-state index < -0.39 is 0 Å². The molecule has 3 aliphatic rings. The van der Waals surface area contributed by atoms with E-state index in [0.29, 0.717) is 11.3 Å². The Labute approximate surface area is 150 Å². The van der Waals surface area contributed by atoms with Crippen molar-refractivity contribution in [2.24, 2.45) is 23.7 Å². The van der Waals surface area contributed by atoms with E-state index in [-0.39, 0.29) is 50.9 Å². The van der Waals surface area contributed by atoms with Crippen LogP contribution >= 0.6 is 31.9 Å². The molecule has 0 aromatic heterocycles. The summed E-state index contributed by atoms with van der Waals surface area (Å²) in [6, 6.07) is 6.71. The van der Waals surface area contributed by atoms with Crippen LogP contribution in [-0.2, 0) is 9.59 Å². The Bertz CT molecular complexity index is 685. The Kier molecular flexibility index (Phi) is 3.54. The molecule has 1 heterocycles. The molecular formula is C17H15Br2NO3. The first-order valence-electron chi connectivity index (χ1n) is 7.68. The quantitative estimate of drug-likeness (QED) is 0.403. The van der Waals surface area contributed by atoms with Gasteiger partial charge >= 0.3 is 0 Å². The number of nitrogens with zero attached hydrogens (tertiary/aromatic N) is 1. The molecule has 1 aromatic carbocycles. The van der Waals surface area contributed by atoms with Gasteiger partial charge < -0.3 is 0 Å². The Morgan fingerprint density at radius 2 is 1.48 bits per heavy atom. The molecular weight excluding hydrogens is 426 g/mol. The Morgan fingerprint density at radius 1 is 1.00 bits per heavy atom. The molecule has 2 amide bonds. The molecule has 0 N–H and O–H groups in total. The molecule has 0 unspecified atom stereocenters. The van der Waals surface area contributed by atoms with Crippen molar-refractivity contribution in [2.75, 3.05) is 4.90 Å². The number of anilines is 1. The maximum absolute atomic E-state index is 12.9. The second-order valence-corrected chi connectivity index (χ2v) is 8.73. The Hall–Kier alpha value is -1.01. The molecule has 120 valence electrons. The number of ketones is 1. The standard InChI is InChI=1S/C17H15Br2NO3/c1-7(21)8-2-4-9(5-3-8)20-16(22)12-10-6-11(13(12)17(20)23)15(19)14(10)18/h2-5,10-15H,6H2,1H3/t10-,11-,12-,13-,14+,15+/m1/s1. The summed E-state index contributed by atoms with van der Waals surface area (Å²) >= 11 is 7.36. The number of Topliss-reactive ketones (excluding diaryl/α,β-unsaturated/α-hetero) is 1. The molecule has 0 spiro atoms. The highest BCUT2D eigenvalue weighted by Crippen LogP contribution is 2.60. The second-order valence-electron chi connectivity index (χ2n) is 6.62. The van der Waals surface area contributed by atoms with Gasteiger partial charge in [-0.15, -0.1) is 0 Å². The highest BCUT2D eigenvalue weighted by Gasteiger charge is 2.66. The van der Waals surface area contributed by atoms with Gasteiger partial charge in [0.1, 0.15) is 0 Å². The predicted molar refractivity (Wildman–Crippen MR) is 92.9 cm³/mol. The van der Waals surface area contributed by atoms with Crippen LogP contribution < -0.4 is 4.90 Å². The average Bonchev–Trinajstić information content (AvgIpc) is 3.12. The lowest BCUT2D eigenvalue weighted by Gasteiger charge is -2.28. The first-order chi connectivity index (χ1) is 10.9. The molecule has 23 heavy (non-hydrogen) atoms. The number of carbonyl (C=O) groups is 3. The van der Waals surface area contributed by atoms with Gasteiger partial charge in [0.15, 0.2) is 5.78 Å². The fourth-order valence-corrected chi connectivity index (χ4v) is 6.32. The van der Waals surface area contributed by atoms with E-state index in [0.717, 1.165) is 6.42 Å². The number of imide groups is 1. The molecule has 4 nitrogen and oxygen atoms in total. The molecule has 4 rings (SSSR count). The van der Waals surface area contributed by atoms with Gasteiger partial charge in [0.25, 0.3) is 0 Å². The van der Waals surface area contributed by atoms with Crippen LogP contribution in [0.15, 0.2) is 24.3 Å². The Morgan fingerprint density at radius 3 is 1.91 bits per heavy atom. The highest BCUT2D eigenvalue weighted by atomic mass is 79.9. The SMILES string of the molecule is CC(=O)c1ccc(N2C(=O)[C@@H]3[C@H]4C[C@@H]([C@H](Br)[C@H]4Br)[C@H]3C2=O)cc1. The van der Waals surface area contributed by atoms with Crippen LogP contribution in [0.5, 0.6) is 0 Å². The van der Waals surface area contributed by atoms with E-state index >= 15 is 0 Å². The van der Waals surface area contributed by atoms with E-state index in [9.17, 15) is 14.4 Å². The van der Waals surface area contributed by atoms with E-state index in [1.165, 1.54) is 11.8 Å². The number of rotatable bonds is 2. The van der Waals surface area contributed by atoms with Crippen molar-refractivity contribution in [1.82, 2.24) is 0 Å². The van der Waals surface area contributed by atoms with Crippen LogP contribution in [0.1, 0.15) is 23.7 Å². The zero-order valence-electron chi connectivity index (χ0n) is 12.4. The molecule has 2 bridgehead atoms. The minimum atomic E-state index is -0.210. The first kappa shape index (κ1) is 15.5. The van der Waals surface area contributed by atoms with Gasteiger partial charge in [-0.05, 0) is 49.4 Å². The van der Waals surface area contributed by atoms with Gasteiger partial charge in [-0.25, -0.2) is 0 Å². The molecule has 0 radical (unpaired) electrons. The molecule has 6 heteroatoms. The zero-order valence-corrected chi connectivity index (χ0v) is 15.6. The summed E-state index contributed by atoms with van der Waals surface area (Å²) in [5.74, 6) is -0.204. The van der Waals surface area contributed by atoms with Crippen LogP contribution in [0.2, 0.25) is 0 Å². The van der Waals surface area contributed by atoms with Crippen LogP contribution in [0.3, 0.4) is 0 Å². The van der Waals surface area contributed by atoms with E-state index in [2.05, 4.69) is 31.9 Å². The molecule has 1 aromatic rings. The summed E-state index contributed by atoms with van der Waals surface area (Å²) in [6.45, 7) is 1.50. The summed E-state index contributed by atoms with van der Waals surface area (Å²) in [5, 5.41) is 0. The maximum Gasteiger partial charge on any atom is 0.238 e. The van der Waals surface area contributed by atoms with E-state index in [4.69, 9.17) is 0 Å². The normalized spacial score (nSPS) is 38.3. The summed E-state index contributed by atoms with van der Waals surface area (Å²) in [5.41, 5.74) is 1.14. The largest absolute Gasteiger partial charge is 0.295 e. The molecule has 2 aliphatic carbocycles. The lowest BCUT2D eigenvalue weighted by atomic mass is 9.81. The van der Waals surface area contributed by atoms with Crippen LogP contribution in [-0.4, -0.2) is 27.3 Å². The minimum absolute atomic E-state index is 0.0326. The van der Waals surface area contributed by atoms with Gasteiger partial charge in [0.2, 0.25) is 11.8 Å². The molecule has 1 saturated heterocycles. The van der Waals surface area contributed by atoms with Gasteiger partial charge in [0.05, 0.1) is 17.5 Å². The highest BCUT2D eigenvalue weighted by molar-refractivity contribution is 9.12. The Balaban J connectivity index is 1.68. The van der Waals surface area contributed by atoms with Crippen molar-refractivity contribution >= 4 is 55.1 Å². The summed E-state index contributed by atoms with van der Waals surface area (Å²) < 4.78 is 0. The average molecular weight is 441 g/mol. The van der Waals surface area contributed by atoms with Gasteiger partial charge in [-0.2, -0.15) is 0 Å². The van der Waals surface area contributed by atoms with Crippen LogP contribution in [0.25, 0.3) is 0 Å². The number of hydrogen-bond acceptors (Lipinski definition) is 3. The van der Waals surface area contributed by atoms with Crippen molar-refractivity contribution in [3.8, 4) is 0 Å². The van der Waals surface area contributed by atoms with Crippen LogP contribution in [0, 0.1) is 23.7 Å². The lowest BCUT2D eigenvalue weighted by Crippen LogP contribution is -2.37. The van der Waals surface area contributed by atoms with E-state index in [1.54, 1.807) is 24.3 Å². The second kappa shape index (κ2) is 5.24. The van der Waals surface area contributed by atoms with Crippen molar-refractivity contribution in [2.45, 2.75) is 23.0 Å². The number of benzene rings is 1. The van der Waals surface area contributed by atoms with Crippen molar-refractivity contribution in [3.63, 3.8) is 0 Å². The smallest absolute Gasteiger partial charge is 0.238 e. The summed E-state index contributed by atoms with van der Waals surface area (Å²) in [6.07, 6.45) is 0.926. The first-order valence-corrected chi connectivity index (χ1v) is 9.52. The van der Waals surface area contributed by atoms with Crippen molar-refractivity contribution in [1.29, 1.82) is 0 Å². The fraction of sp³-hybridized carbons (Fsp3) is 0.471. The summed E-state index contributed by atoms with van der Waals surface area (Å²) in [4.78, 5) is 38.9. The lowest BCUT2D eigenvalue weighted by molar-refractivity contribution is -0.123. The van der Waals surface area contributed by atoms with Crippen LogP contribution in [0.4, 0.5) is 5.69 Å². The third-order valence-corrected chi connectivity index (χ3v) is 8.73. The monoisotopic (exact) mass is 439 g/mol. The number of alkyl halides is 2. The summed E-state index contributed by atoms with van der Waals surface area (Å²) in [7, 11) is 0. The molecule has 1 aliphatic heterocycles. The number of hydrogen-bond donors (Lipinski definition) is 0. The number of halogens is 2. The van der Waals surface area contributed by atoms with Crippen molar-refractivity contribution < 1.29 is 14.4 Å². The minimum Gasteiger partial charge on any atom is -0.295 e. The van der Waals surface area contributed by atoms with E-state index in [1.807, 2.05) is 0 Å². The molecule has 3 fully saturated rings. The topological polar surface area (TPSA) is 54.5 Å². The van der Waals surface area contributed by atoms with Gasteiger partial charge in [-0.3, -0.25) is 19.3 Å². The maximum atomic E-state index is 12.9. The van der Waals surface area contributed by atoms with Crippen molar-refractivity contribution in [3.05, 3.63) is 29.8 Å². The zero-order chi connectivity index (χ0) is 16.5. The number of fused-ring (bicyclic) bond motifs is 5. The number of carbonyl (C=O) groups excluding carboxylic acids is 3. The molecule has 2 saturated carbocycles.